The minimum absolute atomic E-state index is 0.0307. The topological polar surface area (TPSA) is 55.2 Å². The van der Waals surface area contributed by atoms with E-state index in [4.69, 9.17) is 4.98 Å². The Hall–Kier alpha value is -2.47. The fourth-order valence-electron chi connectivity index (χ4n) is 3.67. The molecule has 26 heavy (non-hydrogen) atoms. The first-order valence-corrected chi connectivity index (χ1v) is 9.36. The van der Waals surface area contributed by atoms with E-state index in [1.165, 1.54) is 0 Å². The van der Waals surface area contributed by atoms with Crippen LogP contribution < -0.4 is 10.5 Å². The van der Waals surface area contributed by atoms with Gasteiger partial charge in [0.2, 0.25) is 5.91 Å². The van der Waals surface area contributed by atoms with Crippen molar-refractivity contribution in [2.45, 2.75) is 25.8 Å². The molecule has 0 fully saturated rings. The standard InChI is InChI=1S/C20H18BrN3O2/c1-3-24-18(22-16-7-5-4-6-13(16)20(24)26)11-15-14-10-12(21)8-9-17(14)23(2)19(15)25/h4-10,15H,3,11H2,1-2H3/t15-/m0/s1. The largest absolute Gasteiger partial charge is 0.315 e. The second-order valence-corrected chi connectivity index (χ2v) is 7.37. The first-order valence-electron chi connectivity index (χ1n) is 8.56. The molecule has 132 valence electrons. The van der Waals surface area contributed by atoms with E-state index in [-0.39, 0.29) is 17.4 Å². The summed E-state index contributed by atoms with van der Waals surface area (Å²) in [6.45, 7) is 2.45. The van der Waals surface area contributed by atoms with Crippen LogP contribution in [0.5, 0.6) is 0 Å². The van der Waals surface area contributed by atoms with Gasteiger partial charge in [0, 0.05) is 30.2 Å². The minimum atomic E-state index is -0.335. The summed E-state index contributed by atoms with van der Waals surface area (Å²) in [7, 11) is 1.79. The molecule has 6 heteroatoms. The molecule has 0 N–H and O–H groups in total. The average Bonchev–Trinajstić information content (AvgIpc) is 2.86. The molecule has 5 nitrogen and oxygen atoms in total. The summed E-state index contributed by atoms with van der Waals surface area (Å²) in [5.74, 6) is 0.345. The van der Waals surface area contributed by atoms with Crippen LogP contribution in [0, 0.1) is 0 Å². The van der Waals surface area contributed by atoms with Crippen LogP contribution in [0.15, 0.2) is 51.7 Å². The number of amides is 1. The quantitative estimate of drug-likeness (QED) is 0.662. The summed E-state index contributed by atoms with van der Waals surface area (Å²) in [6.07, 6.45) is 0.403. The van der Waals surface area contributed by atoms with Crippen molar-refractivity contribution in [3.63, 3.8) is 0 Å². The maximum absolute atomic E-state index is 12.8. The maximum atomic E-state index is 12.8. The number of rotatable bonds is 3. The van der Waals surface area contributed by atoms with E-state index in [0.717, 1.165) is 15.7 Å². The molecule has 0 unspecified atom stereocenters. The lowest BCUT2D eigenvalue weighted by Crippen LogP contribution is -2.29. The van der Waals surface area contributed by atoms with Gasteiger partial charge < -0.3 is 4.90 Å². The van der Waals surface area contributed by atoms with Crippen LogP contribution in [-0.4, -0.2) is 22.5 Å². The van der Waals surface area contributed by atoms with Crippen LogP contribution in [0.25, 0.3) is 10.9 Å². The Bertz CT molecular complexity index is 1090. The predicted molar refractivity (Wildman–Crippen MR) is 106 cm³/mol. The van der Waals surface area contributed by atoms with Gasteiger partial charge in [-0.05, 0) is 42.8 Å². The highest BCUT2D eigenvalue weighted by Gasteiger charge is 2.36. The Kier molecular flexibility index (Phi) is 4.15. The van der Waals surface area contributed by atoms with Crippen LogP contribution in [-0.2, 0) is 17.8 Å². The van der Waals surface area contributed by atoms with Crippen LogP contribution in [0.3, 0.4) is 0 Å². The fraction of sp³-hybridized carbons (Fsp3) is 0.250. The molecule has 2 heterocycles. The number of fused-ring (bicyclic) bond motifs is 2. The van der Waals surface area contributed by atoms with Gasteiger partial charge in [0.1, 0.15) is 5.82 Å². The van der Waals surface area contributed by atoms with Gasteiger partial charge in [-0.15, -0.1) is 0 Å². The molecule has 0 saturated carbocycles. The Morgan fingerprint density at radius 3 is 2.69 bits per heavy atom. The molecular formula is C20H18BrN3O2. The lowest BCUT2D eigenvalue weighted by Gasteiger charge is -2.15. The van der Waals surface area contributed by atoms with E-state index in [2.05, 4.69) is 15.9 Å². The van der Waals surface area contributed by atoms with Crippen LogP contribution in [0.4, 0.5) is 5.69 Å². The molecule has 0 radical (unpaired) electrons. The van der Waals surface area contributed by atoms with E-state index < -0.39 is 0 Å². The molecule has 4 rings (SSSR count). The van der Waals surface area contributed by atoms with Crippen molar-refractivity contribution < 1.29 is 4.79 Å². The van der Waals surface area contributed by atoms with Crippen molar-refractivity contribution in [1.29, 1.82) is 0 Å². The zero-order valence-corrected chi connectivity index (χ0v) is 16.2. The van der Waals surface area contributed by atoms with Crippen molar-refractivity contribution in [3.8, 4) is 0 Å². The van der Waals surface area contributed by atoms with Gasteiger partial charge in [0.05, 0.1) is 16.8 Å². The van der Waals surface area contributed by atoms with Gasteiger partial charge in [0.15, 0.2) is 0 Å². The van der Waals surface area contributed by atoms with Gasteiger partial charge in [0.25, 0.3) is 5.56 Å². The van der Waals surface area contributed by atoms with Gasteiger partial charge in [-0.3, -0.25) is 14.2 Å². The smallest absolute Gasteiger partial charge is 0.261 e. The van der Waals surface area contributed by atoms with Crippen molar-refractivity contribution in [1.82, 2.24) is 9.55 Å². The maximum Gasteiger partial charge on any atom is 0.261 e. The number of benzene rings is 2. The second-order valence-electron chi connectivity index (χ2n) is 6.45. The van der Waals surface area contributed by atoms with Crippen molar-refractivity contribution in [2.75, 3.05) is 11.9 Å². The van der Waals surface area contributed by atoms with Crippen LogP contribution >= 0.6 is 15.9 Å². The number of carbonyl (C=O) groups is 1. The first-order chi connectivity index (χ1) is 12.5. The third-order valence-electron chi connectivity index (χ3n) is 5.00. The highest BCUT2D eigenvalue weighted by atomic mass is 79.9. The van der Waals surface area contributed by atoms with E-state index in [9.17, 15) is 9.59 Å². The molecule has 3 aromatic rings. The SMILES string of the molecule is CCn1c(C[C@@H]2C(=O)N(C)c3ccc(Br)cc32)nc2ccccc2c1=O. The molecule has 0 saturated heterocycles. The predicted octanol–water partition coefficient (Wildman–Crippen LogP) is 3.48. The highest BCUT2D eigenvalue weighted by molar-refractivity contribution is 9.10. The Balaban J connectivity index is 1.85. The number of halogens is 1. The van der Waals surface area contributed by atoms with Gasteiger partial charge in [-0.1, -0.05) is 28.1 Å². The van der Waals surface area contributed by atoms with Gasteiger partial charge in [-0.25, -0.2) is 4.98 Å². The summed E-state index contributed by atoms with van der Waals surface area (Å²) in [5, 5.41) is 0.608. The lowest BCUT2D eigenvalue weighted by molar-refractivity contribution is -0.119. The Morgan fingerprint density at radius 2 is 1.92 bits per heavy atom. The molecular weight excluding hydrogens is 394 g/mol. The molecule has 1 aliphatic rings. The summed E-state index contributed by atoms with van der Waals surface area (Å²) in [6, 6.07) is 13.2. The molecule has 0 aliphatic carbocycles. The molecule has 1 atom stereocenters. The number of para-hydroxylation sites is 1. The average molecular weight is 412 g/mol. The van der Waals surface area contributed by atoms with Crippen LogP contribution in [0.1, 0.15) is 24.2 Å². The van der Waals surface area contributed by atoms with Gasteiger partial charge in [-0.2, -0.15) is 0 Å². The molecule has 1 aromatic heterocycles. The van der Waals surface area contributed by atoms with Gasteiger partial charge >= 0.3 is 0 Å². The zero-order chi connectivity index (χ0) is 18.4. The molecule has 0 bridgehead atoms. The van der Waals surface area contributed by atoms with Crippen molar-refractivity contribution in [3.05, 3.63) is 68.7 Å². The molecule has 2 aromatic carbocycles. The van der Waals surface area contributed by atoms with E-state index in [1.54, 1.807) is 22.6 Å². The Morgan fingerprint density at radius 1 is 1.15 bits per heavy atom. The number of hydrogen-bond donors (Lipinski definition) is 0. The number of likely N-dealkylation sites (N-methyl/N-ethyl adjacent to an activating group) is 1. The second kappa shape index (κ2) is 6.36. The fourth-order valence-corrected chi connectivity index (χ4v) is 4.05. The summed E-state index contributed by atoms with van der Waals surface area (Å²) < 4.78 is 2.61. The number of anilines is 1. The number of aromatic nitrogens is 2. The first kappa shape index (κ1) is 17.0. The van der Waals surface area contributed by atoms with E-state index >= 15 is 0 Å². The molecule has 0 spiro atoms. The molecule has 1 amide bonds. The highest BCUT2D eigenvalue weighted by Crippen LogP contribution is 2.39. The monoisotopic (exact) mass is 411 g/mol. The van der Waals surface area contributed by atoms with E-state index in [0.29, 0.717) is 29.7 Å². The van der Waals surface area contributed by atoms with E-state index in [1.807, 2.05) is 43.3 Å². The normalized spacial score (nSPS) is 16.3. The van der Waals surface area contributed by atoms with Crippen LogP contribution in [0.2, 0.25) is 0 Å². The Labute approximate surface area is 159 Å². The minimum Gasteiger partial charge on any atom is -0.315 e. The summed E-state index contributed by atoms with van der Waals surface area (Å²) >= 11 is 3.49. The molecule has 1 aliphatic heterocycles. The number of nitrogens with zero attached hydrogens (tertiary/aromatic N) is 3. The number of hydrogen-bond acceptors (Lipinski definition) is 3. The van der Waals surface area contributed by atoms with Crippen molar-refractivity contribution >= 4 is 38.4 Å². The summed E-state index contributed by atoms with van der Waals surface area (Å²) in [4.78, 5) is 32.0. The third kappa shape index (κ3) is 2.56. The number of carbonyl (C=O) groups excluding carboxylic acids is 1. The zero-order valence-electron chi connectivity index (χ0n) is 14.6. The lowest BCUT2D eigenvalue weighted by atomic mass is 9.96. The third-order valence-corrected chi connectivity index (χ3v) is 5.49. The van der Waals surface area contributed by atoms with Crippen molar-refractivity contribution in [2.24, 2.45) is 0 Å². The summed E-state index contributed by atoms with van der Waals surface area (Å²) in [5.41, 5.74) is 2.50.